The second-order valence-corrected chi connectivity index (χ2v) is 9.09. The maximum atomic E-state index is 13.0. The molecular weight excluding hydrogens is 376 g/mol. The number of anilines is 1. The number of methoxy groups -OCH3 is 1. The first-order valence-corrected chi connectivity index (χ1v) is 10.9. The van der Waals surface area contributed by atoms with E-state index in [1.54, 1.807) is 24.1 Å². The van der Waals surface area contributed by atoms with Crippen molar-refractivity contribution < 1.29 is 17.9 Å². The normalized spacial score (nSPS) is 16.9. The van der Waals surface area contributed by atoms with E-state index in [0.717, 1.165) is 27.9 Å². The fourth-order valence-corrected chi connectivity index (χ4v) is 5.25. The summed E-state index contributed by atoms with van der Waals surface area (Å²) >= 11 is 0. The summed E-state index contributed by atoms with van der Waals surface area (Å²) in [5.74, 6) is 0.126. The van der Waals surface area contributed by atoms with E-state index < -0.39 is 10.0 Å². The smallest absolute Gasteiger partial charge is 0.240 e. The van der Waals surface area contributed by atoms with E-state index >= 15 is 0 Å². The Hall–Kier alpha value is -2.22. The second-order valence-electron chi connectivity index (χ2n) is 7.32. The van der Waals surface area contributed by atoms with Crippen LogP contribution in [0.15, 0.2) is 41.3 Å². The fraction of sp³-hybridized carbons (Fsp3) is 0.381. The molecule has 6 nitrogen and oxygen atoms in total. The van der Waals surface area contributed by atoms with Gasteiger partial charge in [-0.25, -0.2) is 13.1 Å². The summed E-state index contributed by atoms with van der Waals surface area (Å²) in [6, 6.07) is 11.2. The number of nitrogens with one attached hydrogen (secondary N) is 1. The van der Waals surface area contributed by atoms with E-state index in [1.165, 1.54) is 0 Å². The van der Waals surface area contributed by atoms with Gasteiger partial charge in [0.2, 0.25) is 15.9 Å². The van der Waals surface area contributed by atoms with Crippen molar-refractivity contribution in [2.24, 2.45) is 0 Å². The lowest BCUT2D eigenvalue weighted by molar-refractivity contribution is -0.118. The van der Waals surface area contributed by atoms with Gasteiger partial charge in [-0.15, -0.1) is 0 Å². The number of nitrogens with zero attached hydrogens (tertiary/aromatic N) is 1. The molecule has 1 N–H and O–H groups in total. The van der Waals surface area contributed by atoms with Gasteiger partial charge < -0.3 is 9.64 Å². The molecule has 2 aromatic carbocycles. The van der Waals surface area contributed by atoms with Crippen molar-refractivity contribution in [1.29, 1.82) is 0 Å². The summed E-state index contributed by atoms with van der Waals surface area (Å²) in [6.07, 6.45) is 1.35. The predicted octanol–water partition coefficient (Wildman–Crippen LogP) is 2.50. The van der Waals surface area contributed by atoms with Crippen molar-refractivity contribution in [3.8, 4) is 0 Å². The molecule has 2 aliphatic heterocycles. The van der Waals surface area contributed by atoms with Crippen LogP contribution in [-0.4, -0.2) is 34.5 Å². The SMILES string of the molecule is CO[C@H](CNS(=O)(=O)c1cc2c3c(c1)CCN3C(=O)CC2)c1ccccc1C. The zero-order chi connectivity index (χ0) is 19.9. The van der Waals surface area contributed by atoms with E-state index in [-0.39, 0.29) is 23.5 Å². The van der Waals surface area contributed by atoms with Gasteiger partial charge in [-0.3, -0.25) is 4.79 Å². The maximum absolute atomic E-state index is 13.0. The number of sulfonamides is 1. The van der Waals surface area contributed by atoms with Crippen molar-refractivity contribution in [3.63, 3.8) is 0 Å². The number of aryl methyl sites for hydroxylation is 2. The fourth-order valence-electron chi connectivity index (χ4n) is 4.12. The highest BCUT2D eigenvalue weighted by Gasteiger charge is 2.33. The number of carbonyl (C=O) groups is 1. The Morgan fingerprint density at radius 2 is 1.86 bits per heavy atom. The van der Waals surface area contributed by atoms with Crippen LogP contribution in [-0.2, 0) is 32.4 Å². The minimum Gasteiger partial charge on any atom is -0.375 e. The summed E-state index contributed by atoms with van der Waals surface area (Å²) in [5.41, 5.74) is 4.82. The van der Waals surface area contributed by atoms with Crippen molar-refractivity contribution >= 4 is 21.6 Å². The van der Waals surface area contributed by atoms with E-state index in [9.17, 15) is 13.2 Å². The van der Waals surface area contributed by atoms with Crippen LogP contribution in [0.1, 0.15) is 34.8 Å². The van der Waals surface area contributed by atoms with E-state index in [1.807, 2.05) is 31.2 Å². The Kier molecular flexibility index (Phi) is 4.99. The highest BCUT2D eigenvalue weighted by atomic mass is 32.2. The van der Waals surface area contributed by atoms with Crippen LogP contribution < -0.4 is 9.62 Å². The molecule has 0 bridgehead atoms. The zero-order valence-corrected chi connectivity index (χ0v) is 16.9. The topological polar surface area (TPSA) is 75.7 Å². The van der Waals surface area contributed by atoms with Crippen molar-refractivity contribution in [1.82, 2.24) is 4.72 Å². The molecule has 1 atom stereocenters. The minimum atomic E-state index is -3.68. The van der Waals surface area contributed by atoms with Gasteiger partial charge in [-0.05, 0) is 54.2 Å². The Morgan fingerprint density at radius 3 is 2.57 bits per heavy atom. The average molecular weight is 401 g/mol. The largest absolute Gasteiger partial charge is 0.375 e. The molecule has 4 rings (SSSR count). The summed E-state index contributed by atoms with van der Waals surface area (Å²) in [4.78, 5) is 14.1. The van der Waals surface area contributed by atoms with Crippen LogP contribution in [0, 0.1) is 6.92 Å². The standard InChI is InChI=1S/C21H24N2O4S/c1-14-5-3-4-6-18(14)19(27-2)13-22-28(25,26)17-11-15-7-8-20(24)23-10-9-16(12-17)21(15)23/h3-6,11-12,19,22H,7-10,13H2,1-2H3/t19-/m1/s1. The first kappa shape index (κ1) is 19.1. The van der Waals surface area contributed by atoms with Gasteiger partial charge in [0.05, 0.1) is 16.7 Å². The molecule has 0 aromatic heterocycles. The van der Waals surface area contributed by atoms with Crippen LogP contribution in [0.4, 0.5) is 5.69 Å². The summed E-state index contributed by atoms with van der Waals surface area (Å²) in [6.45, 7) is 2.77. The Balaban J connectivity index is 1.58. The Morgan fingerprint density at radius 1 is 1.14 bits per heavy atom. The third kappa shape index (κ3) is 3.34. The van der Waals surface area contributed by atoms with E-state index in [2.05, 4.69) is 4.72 Å². The number of rotatable bonds is 6. The molecule has 2 aliphatic rings. The van der Waals surface area contributed by atoms with Gasteiger partial charge in [-0.2, -0.15) is 0 Å². The molecule has 0 fully saturated rings. The van der Waals surface area contributed by atoms with Crippen LogP contribution in [0.25, 0.3) is 0 Å². The number of hydrogen-bond donors (Lipinski definition) is 1. The van der Waals surface area contributed by atoms with Crippen LogP contribution in [0.3, 0.4) is 0 Å². The number of benzene rings is 2. The molecule has 0 radical (unpaired) electrons. The highest BCUT2D eigenvalue weighted by Crippen LogP contribution is 2.38. The zero-order valence-electron chi connectivity index (χ0n) is 16.1. The molecule has 0 unspecified atom stereocenters. The summed E-state index contributed by atoms with van der Waals surface area (Å²) in [7, 11) is -2.10. The van der Waals surface area contributed by atoms with Crippen molar-refractivity contribution in [2.75, 3.05) is 25.1 Å². The molecule has 148 valence electrons. The maximum Gasteiger partial charge on any atom is 0.240 e. The monoisotopic (exact) mass is 400 g/mol. The van der Waals surface area contributed by atoms with Gasteiger partial charge in [0.25, 0.3) is 0 Å². The van der Waals surface area contributed by atoms with Crippen LogP contribution >= 0.6 is 0 Å². The summed E-state index contributed by atoms with van der Waals surface area (Å²) < 4.78 is 34.1. The highest BCUT2D eigenvalue weighted by molar-refractivity contribution is 7.89. The lowest BCUT2D eigenvalue weighted by Gasteiger charge is -2.26. The number of amides is 1. The first-order valence-electron chi connectivity index (χ1n) is 9.45. The minimum absolute atomic E-state index is 0.126. The van der Waals surface area contributed by atoms with Crippen molar-refractivity contribution in [2.45, 2.75) is 37.2 Å². The van der Waals surface area contributed by atoms with Crippen LogP contribution in [0.2, 0.25) is 0 Å². The molecule has 0 aliphatic carbocycles. The van der Waals surface area contributed by atoms with Gasteiger partial charge in [0, 0.05) is 26.6 Å². The van der Waals surface area contributed by atoms with E-state index in [4.69, 9.17) is 4.74 Å². The molecule has 2 heterocycles. The second kappa shape index (κ2) is 7.31. The quantitative estimate of drug-likeness (QED) is 0.808. The van der Waals surface area contributed by atoms with Crippen molar-refractivity contribution in [3.05, 3.63) is 58.7 Å². The molecule has 7 heteroatoms. The average Bonchev–Trinajstić information content (AvgIpc) is 3.12. The molecular formula is C21H24N2O4S. The molecule has 1 amide bonds. The van der Waals surface area contributed by atoms with Gasteiger partial charge >= 0.3 is 0 Å². The molecule has 2 aromatic rings. The number of carbonyl (C=O) groups excluding carboxylic acids is 1. The molecule has 0 saturated heterocycles. The molecule has 0 saturated carbocycles. The van der Waals surface area contributed by atoms with Crippen LogP contribution in [0.5, 0.6) is 0 Å². The Bertz CT molecular complexity index is 1030. The lowest BCUT2D eigenvalue weighted by atomic mass is 10.00. The van der Waals surface area contributed by atoms with Gasteiger partial charge in [0.1, 0.15) is 0 Å². The molecule has 28 heavy (non-hydrogen) atoms. The van der Waals surface area contributed by atoms with Gasteiger partial charge in [-0.1, -0.05) is 24.3 Å². The third-order valence-corrected chi connectivity index (χ3v) is 7.02. The third-order valence-electron chi connectivity index (χ3n) is 5.61. The number of hydrogen-bond acceptors (Lipinski definition) is 4. The Labute approximate surface area is 165 Å². The first-order chi connectivity index (χ1) is 13.4. The van der Waals surface area contributed by atoms with Gasteiger partial charge in [0.15, 0.2) is 0 Å². The predicted molar refractivity (Wildman–Crippen MR) is 107 cm³/mol. The number of ether oxygens (including phenoxy) is 1. The summed E-state index contributed by atoms with van der Waals surface area (Å²) in [5, 5.41) is 0. The molecule has 0 spiro atoms. The lowest BCUT2D eigenvalue weighted by Crippen LogP contribution is -2.33. The van der Waals surface area contributed by atoms with E-state index in [0.29, 0.717) is 25.8 Å².